The number of nitriles is 1. The normalized spacial score (nSPS) is 18.1. The van der Waals surface area contributed by atoms with Gasteiger partial charge in [-0.3, -0.25) is 0 Å². The standard InChI is InChI=1S/C12H12BrN3O2/c13-10-9(2-1-5-15-10)12(8-14)3-6-16(7-4-12)11(17)18/h1-2,5H,3-4,6-7H2,(H,17,18). The molecule has 0 atom stereocenters. The molecule has 6 heteroatoms. The van der Waals surface area contributed by atoms with E-state index in [0.717, 1.165) is 5.56 Å². The van der Waals surface area contributed by atoms with Crippen LogP contribution in [-0.4, -0.2) is 34.2 Å². The Labute approximate surface area is 113 Å². The fourth-order valence-corrected chi connectivity index (χ4v) is 2.89. The van der Waals surface area contributed by atoms with E-state index in [1.54, 1.807) is 12.3 Å². The summed E-state index contributed by atoms with van der Waals surface area (Å²) in [5.41, 5.74) is 0.205. The minimum absolute atomic E-state index is 0.379. The molecule has 5 nitrogen and oxygen atoms in total. The van der Waals surface area contributed by atoms with E-state index in [9.17, 15) is 10.1 Å². The second-order valence-corrected chi connectivity index (χ2v) is 5.06. The highest BCUT2D eigenvalue weighted by atomic mass is 79.9. The number of amides is 1. The van der Waals surface area contributed by atoms with Gasteiger partial charge in [-0.1, -0.05) is 6.07 Å². The van der Waals surface area contributed by atoms with E-state index >= 15 is 0 Å². The summed E-state index contributed by atoms with van der Waals surface area (Å²) in [5, 5.41) is 18.4. The molecular weight excluding hydrogens is 298 g/mol. The average molecular weight is 310 g/mol. The van der Waals surface area contributed by atoms with Crippen molar-refractivity contribution >= 4 is 22.0 Å². The lowest BCUT2D eigenvalue weighted by Crippen LogP contribution is -2.44. The van der Waals surface area contributed by atoms with Crippen molar-refractivity contribution in [3.8, 4) is 6.07 Å². The zero-order valence-corrected chi connectivity index (χ0v) is 11.2. The van der Waals surface area contributed by atoms with Crippen LogP contribution in [0.15, 0.2) is 22.9 Å². The third-order valence-corrected chi connectivity index (χ3v) is 4.01. The van der Waals surface area contributed by atoms with Crippen molar-refractivity contribution in [2.24, 2.45) is 0 Å². The van der Waals surface area contributed by atoms with E-state index in [4.69, 9.17) is 5.11 Å². The second kappa shape index (κ2) is 4.94. The summed E-state index contributed by atoms with van der Waals surface area (Å²) in [6.07, 6.45) is 1.73. The van der Waals surface area contributed by atoms with Crippen molar-refractivity contribution in [1.82, 2.24) is 9.88 Å². The van der Waals surface area contributed by atoms with Gasteiger partial charge in [-0.2, -0.15) is 5.26 Å². The first-order chi connectivity index (χ1) is 8.59. The van der Waals surface area contributed by atoms with Gasteiger partial charge in [0.2, 0.25) is 0 Å². The molecule has 2 rings (SSSR count). The van der Waals surface area contributed by atoms with Crippen molar-refractivity contribution in [3.63, 3.8) is 0 Å². The molecule has 0 spiro atoms. The lowest BCUT2D eigenvalue weighted by atomic mass is 9.75. The predicted octanol–water partition coefficient (Wildman–Crippen LogP) is 2.38. The highest BCUT2D eigenvalue weighted by molar-refractivity contribution is 9.10. The SMILES string of the molecule is N#CC1(c2cccnc2Br)CCN(C(=O)O)CC1. The van der Waals surface area contributed by atoms with E-state index in [1.807, 2.05) is 6.07 Å². The number of aromatic nitrogens is 1. The predicted molar refractivity (Wildman–Crippen MR) is 68.1 cm³/mol. The molecule has 2 heterocycles. The minimum Gasteiger partial charge on any atom is -0.465 e. The van der Waals surface area contributed by atoms with Gasteiger partial charge < -0.3 is 10.0 Å². The maximum absolute atomic E-state index is 10.9. The molecule has 0 radical (unpaired) electrons. The fraction of sp³-hybridized carbons (Fsp3) is 0.417. The number of nitrogens with zero attached hydrogens (tertiary/aromatic N) is 3. The molecule has 0 saturated carbocycles. The van der Waals surface area contributed by atoms with Gasteiger partial charge in [0.05, 0.1) is 11.5 Å². The van der Waals surface area contributed by atoms with Gasteiger partial charge in [0, 0.05) is 24.8 Å². The van der Waals surface area contributed by atoms with E-state index in [-0.39, 0.29) is 0 Å². The van der Waals surface area contributed by atoms with Crippen molar-refractivity contribution < 1.29 is 9.90 Å². The van der Waals surface area contributed by atoms with Gasteiger partial charge in [-0.15, -0.1) is 0 Å². The van der Waals surface area contributed by atoms with Crippen molar-refractivity contribution in [1.29, 1.82) is 5.26 Å². The number of hydrogen-bond donors (Lipinski definition) is 1. The number of carboxylic acid groups (broad SMARTS) is 1. The molecule has 1 N–H and O–H groups in total. The Hall–Kier alpha value is -1.61. The maximum Gasteiger partial charge on any atom is 0.407 e. The van der Waals surface area contributed by atoms with Crippen LogP contribution in [-0.2, 0) is 5.41 Å². The molecule has 18 heavy (non-hydrogen) atoms. The molecule has 1 aromatic heterocycles. The monoisotopic (exact) mass is 309 g/mol. The summed E-state index contributed by atoms with van der Waals surface area (Å²) in [6, 6.07) is 6.01. The highest BCUT2D eigenvalue weighted by Crippen LogP contribution is 2.37. The van der Waals surface area contributed by atoms with Crippen LogP contribution < -0.4 is 0 Å². The third-order valence-electron chi connectivity index (χ3n) is 3.38. The summed E-state index contributed by atoms with van der Waals surface area (Å²) in [4.78, 5) is 16.4. The topological polar surface area (TPSA) is 77.2 Å². The third kappa shape index (κ3) is 2.18. The van der Waals surface area contributed by atoms with Crippen LogP contribution in [0.5, 0.6) is 0 Å². The molecule has 1 aromatic rings. The molecular formula is C12H12BrN3O2. The average Bonchev–Trinajstić information content (AvgIpc) is 2.39. The van der Waals surface area contributed by atoms with Gasteiger partial charge in [-0.25, -0.2) is 9.78 Å². The first-order valence-corrected chi connectivity index (χ1v) is 6.38. The van der Waals surface area contributed by atoms with E-state index < -0.39 is 11.5 Å². The Bertz CT molecular complexity index is 504. The van der Waals surface area contributed by atoms with Crippen molar-refractivity contribution in [3.05, 3.63) is 28.5 Å². The van der Waals surface area contributed by atoms with Crippen LogP contribution in [0.2, 0.25) is 0 Å². The number of hydrogen-bond acceptors (Lipinski definition) is 3. The van der Waals surface area contributed by atoms with Gasteiger partial charge >= 0.3 is 6.09 Å². The number of likely N-dealkylation sites (tertiary alicyclic amines) is 1. The molecule has 0 aromatic carbocycles. The Morgan fingerprint density at radius 2 is 2.22 bits per heavy atom. The molecule has 1 aliphatic heterocycles. The van der Waals surface area contributed by atoms with Crippen LogP contribution in [0.1, 0.15) is 18.4 Å². The molecule has 1 fully saturated rings. The van der Waals surface area contributed by atoms with Crippen LogP contribution in [0, 0.1) is 11.3 Å². The second-order valence-electron chi connectivity index (χ2n) is 4.31. The van der Waals surface area contributed by atoms with Crippen LogP contribution in [0.4, 0.5) is 4.79 Å². The minimum atomic E-state index is -0.924. The summed E-state index contributed by atoms with van der Waals surface area (Å²) in [7, 11) is 0. The first-order valence-electron chi connectivity index (χ1n) is 5.59. The Morgan fingerprint density at radius 1 is 1.56 bits per heavy atom. The highest BCUT2D eigenvalue weighted by Gasteiger charge is 2.39. The number of rotatable bonds is 1. The molecule has 0 bridgehead atoms. The molecule has 1 aliphatic rings. The zero-order chi connectivity index (χ0) is 13.2. The molecule has 0 unspecified atom stereocenters. The van der Waals surface area contributed by atoms with Gasteiger partial charge in [0.15, 0.2) is 0 Å². The van der Waals surface area contributed by atoms with Crippen LogP contribution in [0.3, 0.4) is 0 Å². The van der Waals surface area contributed by atoms with Crippen LogP contribution >= 0.6 is 15.9 Å². The fourth-order valence-electron chi connectivity index (χ4n) is 2.26. The molecule has 1 amide bonds. The maximum atomic E-state index is 10.9. The summed E-state index contributed by atoms with van der Waals surface area (Å²) < 4.78 is 0.662. The van der Waals surface area contributed by atoms with Gasteiger partial charge in [-0.05, 0) is 34.8 Å². The number of piperidine rings is 1. The quantitative estimate of drug-likeness (QED) is 0.808. The van der Waals surface area contributed by atoms with E-state index in [2.05, 4.69) is 27.0 Å². The number of pyridine rings is 1. The Morgan fingerprint density at radius 3 is 2.72 bits per heavy atom. The lowest BCUT2D eigenvalue weighted by Gasteiger charge is -2.36. The molecule has 94 valence electrons. The number of halogens is 1. The molecule has 0 aliphatic carbocycles. The number of carbonyl (C=O) groups is 1. The van der Waals surface area contributed by atoms with Crippen molar-refractivity contribution in [2.75, 3.05) is 13.1 Å². The van der Waals surface area contributed by atoms with Crippen molar-refractivity contribution in [2.45, 2.75) is 18.3 Å². The van der Waals surface area contributed by atoms with E-state index in [0.29, 0.717) is 30.5 Å². The van der Waals surface area contributed by atoms with E-state index in [1.165, 1.54) is 4.90 Å². The zero-order valence-electron chi connectivity index (χ0n) is 9.64. The van der Waals surface area contributed by atoms with Crippen LogP contribution in [0.25, 0.3) is 0 Å². The van der Waals surface area contributed by atoms with Gasteiger partial charge in [0.1, 0.15) is 4.60 Å². The van der Waals surface area contributed by atoms with Gasteiger partial charge in [0.25, 0.3) is 0 Å². The smallest absolute Gasteiger partial charge is 0.407 e. The first kappa shape index (κ1) is 12.8. The summed E-state index contributed by atoms with van der Waals surface area (Å²) in [6.45, 7) is 0.758. The molecule has 1 saturated heterocycles. The summed E-state index contributed by atoms with van der Waals surface area (Å²) >= 11 is 3.36. The largest absolute Gasteiger partial charge is 0.465 e. The Kier molecular flexibility index (Phi) is 3.53. The lowest BCUT2D eigenvalue weighted by molar-refractivity contribution is 0.125. The summed E-state index contributed by atoms with van der Waals surface area (Å²) in [5.74, 6) is 0. The Balaban J connectivity index is 2.28.